The maximum atomic E-state index is 2.45. The van der Waals surface area contributed by atoms with Crippen molar-refractivity contribution in [1.29, 1.82) is 0 Å². The molecule has 0 spiro atoms. The van der Waals surface area contributed by atoms with Crippen LogP contribution in [0.4, 0.5) is 0 Å². The number of fused-ring (bicyclic) bond motifs is 5. The molecule has 18 heavy (non-hydrogen) atoms. The summed E-state index contributed by atoms with van der Waals surface area (Å²) in [5, 5.41) is 2.95. The molecule has 0 saturated heterocycles. The third-order valence-electron chi connectivity index (χ3n) is 4.33. The molecule has 0 atom stereocenters. The van der Waals surface area contributed by atoms with Gasteiger partial charge in [-0.1, -0.05) is 24.3 Å². The van der Waals surface area contributed by atoms with Gasteiger partial charge in [0.15, 0.2) is 0 Å². The van der Waals surface area contributed by atoms with E-state index in [-0.39, 0.29) is 0 Å². The lowest BCUT2D eigenvalue weighted by Gasteiger charge is -2.04. The Balaban J connectivity index is 2.27. The predicted molar refractivity (Wildman–Crippen MR) is 77.1 cm³/mol. The minimum Gasteiger partial charge on any atom is -0.341 e. The van der Waals surface area contributed by atoms with Crippen LogP contribution in [0.25, 0.3) is 21.8 Å². The molecule has 1 nitrogen and oxygen atoms in total. The highest BCUT2D eigenvalue weighted by molar-refractivity contribution is 6.10. The number of hydrogen-bond acceptors (Lipinski definition) is 0. The van der Waals surface area contributed by atoms with E-state index in [4.69, 9.17) is 0 Å². The average molecular weight is 235 g/mol. The topological polar surface area (TPSA) is 4.93 Å². The van der Waals surface area contributed by atoms with E-state index in [1.54, 1.807) is 11.1 Å². The Morgan fingerprint density at radius 1 is 1.00 bits per heavy atom. The molecule has 1 aliphatic carbocycles. The van der Waals surface area contributed by atoms with Crippen LogP contribution in [0.2, 0.25) is 0 Å². The third-order valence-corrected chi connectivity index (χ3v) is 4.33. The number of nitrogens with zero attached hydrogens (tertiary/aromatic N) is 1. The Bertz CT molecular complexity index is 749. The van der Waals surface area contributed by atoms with Gasteiger partial charge in [0.05, 0.1) is 0 Å². The molecule has 1 aromatic heterocycles. The zero-order chi connectivity index (χ0) is 12.1. The van der Waals surface area contributed by atoms with Gasteiger partial charge in [-0.3, -0.25) is 0 Å². The predicted octanol–water partition coefficient (Wildman–Crippen LogP) is 4.30. The van der Waals surface area contributed by atoms with Gasteiger partial charge in [-0.05, 0) is 49.4 Å². The summed E-state index contributed by atoms with van der Waals surface area (Å²) in [7, 11) is 0. The Labute approximate surface area is 107 Å². The van der Waals surface area contributed by atoms with Crippen LogP contribution in [0.1, 0.15) is 24.5 Å². The Morgan fingerprint density at radius 2 is 1.89 bits per heavy atom. The van der Waals surface area contributed by atoms with Gasteiger partial charge in [0.2, 0.25) is 0 Å². The Morgan fingerprint density at radius 3 is 2.78 bits per heavy atom. The number of benzene rings is 2. The molecule has 0 N–H and O–H groups in total. The lowest BCUT2D eigenvalue weighted by molar-refractivity contribution is 0.827. The van der Waals surface area contributed by atoms with Crippen LogP contribution in [0.15, 0.2) is 36.4 Å². The van der Waals surface area contributed by atoms with Crippen LogP contribution in [0.3, 0.4) is 0 Å². The minimum atomic E-state index is 1.04. The second-order valence-corrected chi connectivity index (χ2v) is 5.21. The lowest BCUT2D eigenvalue weighted by atomic mass is 10.0. The Kier molecular flexibility index (Phi) is 2.05. The Hall–Kier alpha value is -1.76. The summed E-state index contributed by atoms with van der Waals surface area (Å²) in [5.74, 6) is 0. The molecule has 0 saturated carbocycles. The summed E-state index contributed by atoms with van der Waals surface area (Å²) >= 11 is 0. The zero-order valence-corrected chi connectivity index (χ0v) is 10.7. The van der Waals surface area contributed by atoms with E-state index in [9.17, 15) is 0 Å². The van der Waals surface area contributed by atoms with Gasteiger partial charge in [-0.25, -0.2) is 0 Å². The fourth-order valence-corrected chi connectivity index (χ4v) is 3.57. The highest BCUT2D eigenvalue weighted by Gasteiger charge is 2.18. The van der Waals surface area contributed by atoms with Gasteiger partial charge in [0.25, 0.3) is 0 Å². The highest BCUT2D eigenvalue weighted by atomic mass is 15.0. The van der Waals surface area contributed by atoms with Gasteiger partial charge >= 0.3 is 0 Å². The van der Waals surface area contributed by atoms with Crippen molar-refractivity contribution in [2.45, 2.75) is 32.7 Å². The second-order valence-electron chi connectivity index (χ2n) is 5.21. The molecular formula is C17H17N. The fraction of sp³-hybridized carbons (Fsp3) is 0.294. The molecule has 3 aromatic rings. The summed E-state index contributed by atoms with van der Waals surface area (Å²) in [5.41, 5.74) is 5.98. The van der Waals surface area contributed by atoms with Gasteiger partial charge in [0.1, 0.15) is 0 Å². The largest absolute Gasteiger partial charge is 0.341 e. The van der Waals surface area contributed by atoms with Crippen molar-refractivity contribution in [3.63, 3.8) is 0 Å². The fourth-order valence-electron chi connectivity index (χ4n) is 3.57. The van der Waals surface area contributed by atoms with E-state index in [0.717, 1.165) is 6.54 Å². The maximum Gasteiger partial charge on any atom is 0.0494 e. The smallest absolute Gasteiger partial charge is 0.0494 e. The SMILES string of the molecule is CCn1c2ccccc2c2c3c(ccc21)CCC3. The molecule has 1 heterocycles. The van der Waals surface area contributed by atoms with Crippen molar-refractivity contribution in [2.24, 2.45) is 0 Å². The van der Waals surface area contributed by atoms with E-state index in [1.165, 1.54) is 41.1 Å². The van der Waals surface area contributed by atoms with E-state index in [1.807, 2.05) is 0 Å². The van der Waals surface area contributed by atoms with Crippen LogP contribution in [-0.2, 0) is 19.4 Å². The zero-order valence-electron chi connectivity index (χ0n) is 10.7. The quantitative estimate of drug-likeness (QED) is 0.592. The molecule has 90 valence electrons. The number of para-hydroxylation sites is 1. The van der Waals surface area contributed by atoms with Crippen LogP contribution >= 0.6 is 0 Å². The summed E-state index contributed by atoms with van der Waals surface area (Å²) in [6, 6.07) is 13.5. The van der Waals surface area contributed by atoms with Crippen LogP contribution < -0.4 is 0 Å². The van der Waals surface area contributed by atoms with Crippen molar-refractivity contribution >= 4 is 21.8 Å². The number of aromatic nitrogens is 1. The molecule has 0 unspecified atom stereocenters. The molecule has 0 radical (unpaired) electrons. The van der Waals surface area contributed by atoms with Crippen molar-refractivity contribution < 1.29 is 0 Å². The number of rotatable bonds is 1. The summed E-state index contributed by atoms with van der Waals surface area (Å²) in [6.45, 7) is 3.28. The molecule has 0 bridgehead atoms. The first-order valence-electron chi connectivity index (χ1n) is 6.92. The lowest BCUT2D eigenvalue weighted by Crippen LogP contribution is -1.93. The highest BCUT2D eigenvalue weighted by Crippen LogP contribution is 2.36. The molecule has 4 rings (SSSR count). The van der Waals surface area contributed by atoms with E-state index in [0.29, 0.717) is 0 Å². The van der Waals surface area contributed by atoms with Gasteiger partial charge in [-0.2, -0.15) is 0 Å². The van der Waals surface area contributed by atoms with Gasteiger partial charge < -0.3 is 4.57 Å². The standard InChI is InChI=1S/C17H17N/c1-2-18-15-9-4-3-7-14(15)17-13-8-5-6-12(13)10-11-16(17)18/h3-4,7,9-11H,2,5-6,8H2,1H3. The summed E-state index contributed by atoms with van der Waals surface area (Å²) in [6.07, 6.45) is 3.83. The molecular weight excluding hydrogens is 218 g/mol. The normalized spacial score (nSPS) is 14.5. The van der Waals surface area contributed by atoms with Gasteiger partial charge in [0, 0.05) is 28.4 Å². The second kappa shape index (κ2) is 3.61. The molecule has 1 aliphatic rings. The van der Waals surface area contributed by atoms with Crippen molar-refractivity contribution in [3.05, 3.63) is 47.5 Å². The first-order chi connectivity index (χ1) is 8.90. The summed E-state index contributed by atoms with van der Waals surface area (Å²) in [4.78, 5) is 0. The minimum absolute atomic E-state index is 1.04. The van der Waals surface area contributed by atoms with Crippen LogP contribution in [0, 0.1) is 0 Å². The number of hydrogen-bond donors (Lipinski definition) is 0. The molecule has 0 fully saturated rings. The number of aryl methyl sites for hydroxylation is 3. The van der Waals surface area contributed by atoms with E-state index < -0.39 is 0 Å². The van der Waals surface area contributed by atoms with Crippen molar-refractivity contribution in [3.8, 4) is 0 Å². The van der Waals surface area contributed by atoms with E-state index >= 15 is 0 Å². The summed E-state index contributed by atoms with van der Waals surface area (Å²) < 4.78 is 2.45. The first-order valence-corrected chi connectivity index (χ1v) is 6.92. The molecule has 2 aromatic carbocycles. The van der Waals surface area contributed by atoms with Crippen LogP contribution in [0.5, 0.6) is 0 Å². The monoisotopic (exact) mass is 235 g/mol. The van der Waals surface area contributed by atoms with Crippen molar-refractivity contribution in [1.82, 2.24) is 4.57 Å². The van der Waals surface area contributed by atoms with Gasteiger partial charge in [-0.15, -0.1) is 0 Å². The van der Waals surface area contributed by atoms with Crippen molar-refractivity contribution in [2.75, 3.05) is 0 Å². The molecule has 0 amide bonds. The third kappa shape index (κ3) is 1.17. The van der Waals surface area contributed by atoms with Crippen LogP contribution in [-0.4, -0.2) is 4.57 Å². The molecule has 1 heteroatoms. The molecule has 0 aliphatic heterocycles. The maximum absolute atomic E-state index is 2.45. The first kappa shape index (κ1) is 10.2. The van der Waals surface area contributed by atoms with E-state index in [2.05, 4.69) is 47.9 Å². The average Bonchev–Trinajstić information content (AvgIpc) is 2.99.